The highest BCUT2D eigenvalue weighted by molar-refractivity contribution is 6.17. The van der Waals surface area contributed by atoms with Gasteiger partial charge in [-0.25, -0.2) is 14.4 Å². The van der Waals surface area contributed by atoms with E-state index in [1.54, 1.807) is 32.9 Å². The minimum Gasteiger partial charge on any atom is -0.446 e. The number of allylic oxidation sites excluding steroid dienone is 4. The molecule has 0 saturated heterocycles. The minimum absolute atomic E-state index is 0.0161. The van der Waals surface area contributed by atoms with E-state index in [0.717, 1.165) is 18.4 Å². The van der Waals surface area contributed by atoms with Gasteiger partial charge in [-0.3, -0.25) is 4.79 Å². The standard InChI is InChI=1S/C24H31ClO7.C5H10O3/c1-4-30-21(29)32-24(20(28)31-13-25)10-8-17-16-6-5-14-11-15(26)7-9-22(14,2)19(16)18(27)12-23(17,24)3;1-3-7-5(6)8-4-2/h7,9,11,16-19,27H,4-6,8,10,12-13H2,1-3H3;3-4H2,1-2H3/t16-,17-,18-,19+,22-,23-,24-;/m0./s1. The predicted octanol–water partition coefficient (Wildman–Crippen LogP) is 5.10. The van der Waals surface area contributed by atoms with Crippen LogP contribution >= 0.6 is 11.6 Å². The molecule has 0 spiro atoms. The summed E-state index contributed by atoms with van der Waals surface area (Å²) in [7, 11) is 0. The van der Waals surface area contributed by atoms with Gasteiger partial charge in [0, 0.05) is 16.7 Å². The summed E-state index contributed by atoms with van der Waals surface area (Å²) in [5.74, 6) is -0.676. The summed E-state index contributed by atoms with van der Waals surface area (Å²) in [6.07, 6.45) is 5.72. The Balaban J connectivity index is 0.000000482. The summed E-state index contributed by atoms with van der Waals surface area (Å²) in [6.45, 7) is 9.99. The number of carbonyl (C=O) groups excluding carboxylic acids is 4. The topological polar surface area (TPSA) is 135 Å². The molecule has 0 bridgehead atoms. The van der Waals surface area contributed by atoms with Crippen molar-refractivity contribution in [3.63, 3.8) is 0 Å². The highest BCUT2D eigenvalue weighted by Crippen LogP contribution is 2.68. The number of ether oxygens (including phenoxy) is 5. The van der Waals surface area contributed by atoms with E-state index >= 15 is 0 Å². The third-order valence-corrected chi connectivity index (χ3v) is 9.28. The molecule has 11 heteroatoms. The Hall–Kier alpha value is -2.59. The van der Waals surface area contributed by atoms with Crippen LogP contribution in [-0.4, -0.2) is 66.8 Å². The van der Waals surface area contributed by atoms with Gasteiger partial charge in [0.1, 0.15) is 0 Å². The lowest BCUT2D eigenvalue weighted by atomic mass is 9.46. The van der Waals surface area contributed by atoms with Crippen LogP contribution in [0.3, 0.4) is 0 Å². The number of fused-ring (bicyclic) bond motifs is 5. The molecule has 4 aliphatic rings. The highest BCUT2D eigenvalue weighted by atomic mass is 35.5. The minimum atomic E-state index is -1.57. The van der Waals surface area contributed by atoms with Crippen LogP contribution in [0.2, 0.25) is 0 Å². The first kappa shape index (κ1) is 31.9. The predicted molar refractivity (Wildman–Crippen MR) is 144 cm³/mol. The second-order valence-corrected chi connectivity index (χ2v) is 11.2. The van der Waals surface area contributed by atoms with E-state index in [-0.39, 0.29) is 49.1 Å². The van der Waals surface area contributed by atoms with Crippen LogP contribution < -0.4 is 0 Å². The number of aliphatic hydroxyl groups is 1. The number of hydrogen-bond donors (Lipinski definition) is 1. The van der Waals surface area contributed by atoms with Crippen molar-refractivity contribution >= 4 is 35.7 Å². The van der Waals surface area contributed by atoms with E-state index in [1.165, 1.54) is 0 Å². The second kappa shape index (κ2) is 12.9. The third kappa shape index (κ3) is 5.75. The van der Waals surface area contributed by atoms with Gasteiger partial charge in [-0.2, -0.15) is 0 Å². The highest BCUT2D eigenvalue weighted by Gasteiger charge is 2.71. The fraction of sp³-hybridized carbons (Fsp3) is 0.724. The zero-order chi connectivity index (χ0) is 29.7. The van der Waals surface area contributed by atoms with Gasteiger partial charge in [-0.15, -0.1) is 0 Å². The Morgan fingerprint density at radius 1 is 1.00 bits per heavy atom. The maximum absolute atomic E-state index is 13.2. The fourth-order valence-corrected chi connectivity index (χ4v) is 7.69. The molecule has 0 unspecified atom stereocenters. The second-order valence-electron chi connectivity index (χ2n) is 11.0. The lowest BCUT2D eigenvalue weighted by Gasteiger charge is -2.59. The summed E-state index contributed by atoms with van der Waals surface area (Å²) in [6, 6.07) is -0.354. The smallest absolute Gasteiger partial charge is 0.446 e. The molecule has 3 saturated carbocycles. The number of ketones is 1. The van der Waals surface area contributed by atoms with Gasteiger partial charge in [0.15, 0.2) is 11.8 Å². The zero-order valence-electron chi connectivity index (χ0n) is 23.9. The van der Waals surface area contributed by atoms with Gasteiger partial charge in [-0.1, -0.05) is 37.1 Å². The SMILES string of the molecule is CCOC(=O)OCC.CCOC(=O)O[C@]1(C(=O)OCCl)CC[C@H]2[C@@H]3CCC4=CC(=O)C=C[C@]4(C)[C@H]3[C@@H](O)C[C@@]21C. The lowest BCUT2D eigenvalue weighted by Crippen LogP contribution is -2.62. The van der Waals surface area contributed by atoms with Crippen LogP contribution in [0.25, 0.3) is 0 Å². The van der Waals surface area contributed by atoms with Gasteiger partial charge in [0.05, 0.1) is 25.9 Å². The first-order chi connectivity index (χ1) is 18.9. The van der Waals surface area contributed by atoms with Crippen molar-refractivity contribution in [1.29, 1.82) is 0 Å². The van der Waals surface area contributed by atoms with Gasteiger partial charge in [0.25, 0.3) is 0 Å². The number of rotatable bonds is 6. The van der Waals surface area contributed by atoms with Gasteiger partial charge >= 0.3 is 18.3 Å². The van der Waals surface area contributed by atoms with Crippen LogP contribution in [0.15, 0.2) is 23.8 Å². The van der Waals surface area contributed by atoms with Gasteiger partial charge in [0.2, 0.25) is 5.60 Å². The number of esters is 1. The van der Waals surface area contributed by atoms with E-state index in [9.17, 15) is 24.3 Å². The maximum atomic E-state index is 13.2. The number of alkyl halides is 1. The lowest BCUT2D eigenvalue weighted by molar-refractivity contribution is -0.199. The number of aliphatic hydroxyl groups excluding tert-OH is 1. The Bertz CT molecular complexity index is 1030. The molecule has 40 heavy (non-hydrogen) atoms. The molecule has 10 nitrogen and oxygen atoms in total. The molecule has 0 aromatic heterocycles. The quantitative estimate of drug-likeness (QED) is 0.255. The molecule has 0 aromatic carbocycles. The Morgan fingerprint density at radius 2 is 1.62 bits per heavy atom. The van der Waals surface area contributed by atoms with E-state index in [1.807, 2.05) is 13.0 Å². The van der Waals surface area contributed by atoms with Gasteiger partial charge in [-0.05, 0) is 76.9 Å². The van der Waals surface area contributed by atoms with Crippen molar-refractivity contribution in [2.24, 2.45) is 28.6 Å². The van der Waals surface area contributed by atoms with Gasteiger partial charge < -0.3 is 28.8 Å². The first-order valence-corrected chi connectivity index (χ1v) is 14.5. The Labute approximate surface area is 240 Å². The molecule has 0 radical (unpaired) electrons. The average Bonchev–Trinajstić information content (AvgIpc) is 3.17. The van der Waals surface area contributed by atoms with Crippen molar-refractivity contribution in [2.45, 2.75) is 78.4 Å². The summed E-state index contributed by atoms with van der Waals surface area (Å²) in [4.78, 5) is 47.7. The monoisotopic (exact) mass is 584 g/mol. The summed E-state index contributed by atoms with van der Waals surface area (Å²) in [5.41, 5.74) is -1.76. The third-order valence-electron chi connectivity index (χ3n) is 9.18. The van der Waals surface area contributed by atoms with Crippen molar-refractivity contribution < 1.29 is 48.0 Å². The normalized spacial score (nSPS) is 35.5. The maximum Gasteiger partial charge on any atom is 0.509 e. The molecular formula is C29H41ClO10. The Morgan fingerprint density at radius 3 is 2.23 bits per heavy atom. The van der Waals surface area contributed by atoms with E-state index in [0.29, 0.717) is 19.6 Å². The molecule has 1 N–H and O–H groups in total. The number of carbonyl (C=O) groups is 4. The van der Waals surface area contributed by atoms with Crippen molar-refractivity contribution in [3.8, 4) is 0 Å². The van der Waals surface area contributed by atoms with E-state index in [2.05, 4.69) is 16.4 Å². The number of halogens is 1. The molecule has 0 aromatic rings. The molecule has 0 amide bonds. The molecule has 4 aliphatic carbocycles. The van der Waals surface area contributed by atoms with E-state index in [4.69, 9.17) is 25.8 Å². The van der Waals surface area contributed by atoms with E-state index < -0.39 is 40.8 Å². The Kier molecular flexibility index (Phi) is 10.3. The average molecular weight is 585 g/mol. The van der Waals surface area contributed by atoms with Crippen LogP contribution in [0.1, 0.15) is 66.7 Å². The van der Waals surface area contributed by atoms with Crippen LogP contribution in [0.4, 0.5) is 9.59 Å². The first-order valence-electron chi connectivity index (χ1n) is 13.9. The molecule has 0 aliphatic heterocycles. The zero-order valence-corrected chi connectivity index (χ0v) is 24.7. The molecule has 0 heterocycles. The van der Waals surface area contributed by atoms with Crippen molar-refractivity contribution in [2.75, 3.05) is 25.9 Å². The summed E-state index contributed by atoms with van der Waals surface area (Å²) in [5, 5.41) is 11.5. The summed E-state index contributed by atoms with van der Waals surface area (Å²) < 4.78 is 24.7. The number of hydrogen-bond acceptors (Lipinski definition) is 10. The fourth-order valence-electron chi connectivity index (χ4n) is 7.59. The molecular weight excluding hydrogens is 544 g/mol. The molecule has 3 fully saturated rings. The van der Waals surface area contributed by atoms with Crippen LogP contribution in [0, 0.1) is 28.6 Å². The van der Waals surface area contributed by atoms with Crippen LogP contribution in [0.5, 0.6) is 0 Å². The van der Waals surface area contributed by atoms with Crippen LogP contribution in [-0.2, 0) is 33.3 Å². The molecule has 7 atom stereocenters. The largest absolute Gasteiger partial charge is 0.509 e. The molecule has 4 rings (SSSR count). The van der Waals surface area contributed by atoms with Crippen molar-refractivity contribution in [1.82, 2.24) is 0 Å². The van der Waals surface area contributed by atoms with Crippen molar-refractivity contribution in [3.05, 3.63) is 23.8 Å². The summed E-state index contributed by atoms with van der Waals surface area (Å²) >= 11 is 5.70. The molecule has 224 valence electrons.